The highest BCUT2D eigenvalue weighted by atomic mass is 32.2. The first-order valence-electron chi connectivity index (χ1n) is 6.73. The van der Waals surface area contributed by atoms with Crippen LogP contribution in [0.2, 0.25) is 0 Å². The van der Waals surface area contributed by atoms with E-state index in [9.17, 15) is 8.42 Å². The first kappa shape index (κ1) is 15.0. The molecule has 0 amide bonds. The molecule has 6 heteroatoms. The van der Waals surface area contributed by atoms with E-state index in [2.05, 4.69) is 12.2 Å². The molecule has 0 saturated carbocycles. The molecular formula is C13H22N2O2S2. The summed E-state index contributed by atoms with van der Waals surface area (Å²) >= 11 is 1.56. The van der Waals surface area contributed by atoms with Crippen LogP contribution in [0.5, 0.6) is 0 Å². The number of nitrogens with zero attached hydrogens (tertiary/aromatic N) is 1. The van der Waals surface area contributed by atoms with Gasteiger partial charge < -0.3 is 5.32 Å². The predicted molar refractivity (Wildman–Crippen MR) is 79.0 cm³/mol. The van der Waals surface area contributed by atoms with Crippen molar-refractivity contribution in [3.63, 3.8) is 0 Å². The lowest BCUT2D eigenvalue weighted by Gasteiger charge is -2.16. The van der Waals surface area contributed by atoms with E-state index < -0.39 is 10.0 Å². The average molecular weight is 302 g/mol. The van der Waals surface area contributed by atoms with E-state index in [1.807, 2.05) is 20.0 Å². The number of nitrogens with one attached hydrogen (secondary N) is 1. The molecule has 1 unspecified atom stereocenters. The Balaban J connectivity index is 2.24. The van der Waals surface area contributed by atoms with Crippen LogP contribution in [-0.2, 0) is 16.6 Å². The molecule has 2 rings (SSSR count). The van der Waals surface area contributed by atoms with Gasteiger partial charge in [0.15, 0.2) is 0 Å². The minimum Gasteiger partial charge on any atom is -0.315 e. The lowest BCUT2D eigenvalue weighted by molar-refractivity contribution is 0.453. The molecule has 1 aliphatic rings. The largest absolute Gasteiger partial charge is 0.315 e. The Kier molecular flexibility index (Phi) is 4.66. The zero-order chi connectivity index (χ0) is 14.0. The lowest BCUT2D eigenvalue weighted by Crippen LogP contribution is -2.29. The third-order valence-corrected chi connectivity index (χ3v) is 6.89. The Labute approximate surface area is 119 Å². The standard InChI is InChI=1S/C13H22N2O2S2/c1-4-11-5-6-15(9-11)19(16,17)13-7-12(8-14-3)18-10(13)2/h7,11,14H,4-6,8-9H2,1-3H3. The lowest BCUT2D eigenvalue weighted by atomic mass is 10.1. The molecule has 1 saturated heterocycles. The number of hydrogen-bond donors (Lipinski definition) is 1. The van der Waals surface area contributed by atoms with E-state index in [4.69, 9.17) is 0 Å². The summed E-state index contributed by atoms with van der Waals surface area (Å²) in [5, 5.41) is 3.06. The highest BCUT2D eigenvalue weighted by Gasteiger charge is 2.33. The fourth-order valence-electron chi connectivity index (χ4n) is 2.53. The second kappa shape index (κ2) is 5.91. The van der Waals surface area contributed by atoms with Crippen LogP contribution in [0.1, 0.15) is 29.5 Å². The van der Waals surface area contributed by atoms with E-state index in [-0.39, 0.29) is 0 Å². The van der Waals surface area contributed by atoms with Crippen molar-refractivity contribution in [3.8, 4) is 0 Å². The second-order valence-corrected chi connectivity index (χ2v) is 8.34. The zero-order valence-corrected chi connectivity index (χ0v) is 13.4. The SMILES string of the molecule is CCC1CCN(S(=O)(=O)c2cc(CNC)sc2C)C1. The van der Waals surface area contributed by atoms with Crippen molar-refractivity contribution in [1.82, 2.24) is 9.62 Å². The molecule has 1 aromatic rings. The smallest absolute Gasteiger partial charge is 0.244 e. The highest BCUT2D eigenvalue weighted by Crippen LogP contribution is 2.31. The fraction of sp³-hybridized carbons (Fsp3) is 0.692. The van der Waals surface area contributed by atoms with Gasteiger partial charge in [0.05, 0.1) is 4.90 Å². The Morgan fingerprint density at radius 2 is 2.26 bits per heavy atom. The van der Waals surface area contributed by atoms with Gasteiger partial charge in [-0.1, -0.05) is 13.3 Å². The van der Waals surface area contributed by atoms with E-state index >= 15 is 0 Å². The number of aryl methyl sites for hydroxylation is 1. The van der Waals surface area contributed by atoms with Crippen LogP contribution in [0.15, 0.2) is 11.0 Å². The third kappa shape index (κ3) is 3.02. The van der Waals surface area contributed by atoms with Crippen molar-refractivity contribution < 1.29 is 8.42 Å². The molecule has 1 N–H and O–H groups in total. The predicted octanol–water partition coefficient (Wildman–Crippen LogP) is 2.20. The van der Waals surface area contributed by atoms with E-state index in [0.717, 1.165) is 29.1 Å². The van der Waals surface area contributed by atoms with Gasteiger partial charge in [0.25, 0.3) is 0 Å². The van der Waals surface area contributed by atoms with Crippen molar-refractivity contribution in [3.05, 3.63) is 15.8 Å². The van der Waals surface area contributed by atoms with Crippen LogP contribution < -0.4 is 5.32 Å². The van der Waals surface area contributed by atoms with E-state index in [1.54, 1.807) is 15.6 Å². The quantitative estimate of drug-likeness (QED) is 0.907. The van der Waals surface area contributed by atoms with Gasteiger partial charge in [-0.3, -0.25) is 0 Å². The molecule has 0 radical (unpaired) electrons. The Bertz CT molecular complexity index is 537. The summed E-state index contributed by atoms with van der Waals surface area (Å²) in [4.78, 5) is 2.47. The van der Waals surface area contributed by atoms with Crippen LogP contribution in [0.4, 0.5) is 0 Å². The number of hydrogen-bond acceptors (Lipinski definition) is 4. The summed E-state index contributed by atoms with van der Waals surface area (Å²) in [5.41, 5.74) is 0. The van der Waals surface area contributed by atoms with Gasteiger partial charge in [0.2, 0.25) is 10.0 Å². The maximum atomic E-state index is 12.6. The maximum Gasteiger partial charge on any atom is 0.244 e. The van der Waals surface area contributed by atoms with Gasteiger partial charge in [-0.15, -0.1) is 11.3 Å². The van der Waals surface area contributed by atoms with Gasteiger partial charge in [0.1, 0.15) is 0 Å². The van der Waals surface area contributed by atoms with Crippen molar-refractivity contribution in [2.45, 2.75) is 38.1 Å². The van der Waals surface area contributed by atoms with Crippen LogP contribution in [-0.4, -0.2) is 32.9 Å². The molecule has 2 heterocycles. The monoisotopic (exact) mass is 302 g/mol. The molecule has 1 atom stereocenters. The topological polar surface area (TPSA) is 49.4 Å². The van der Waals surface area contributed by atoms with Gasteiger partial charge in [0, 0.05) is 29.4 Å². The molecule has 0 bridgehead atoms. The van der Waals surface area contributed by atoms with Crippen LogP contribution in [0.3, 0.4) is 0 Å². The van der Waals surface area contributed by atoms with Crippen LogP contribution >= 0.6 is 11.3 Å². The summed E-state index contributed by atoms with van der Waals surface area (Å²) < 4.78 is 26.9. The van der Waals surface area contributed by atoms with E-state index in [0.29, 0.717) is 23.9 Å². The van der Waals surface area contributed by atoms with E-state index in [1.165, 1.54) is 0 Å². The van der Waals surface area contributed by atoms with Crippen LogP contribution in [0.25, 0.3) is 0 Å². The fourth-order valence-corrected chi connectivity index (χ4v) is 5.68. The zero-order valence-electron chi connectivity index (χ0n) is 11.8. The summed E-state index contributed by atoms with van der Waals surface area (Å²) in [6, 6.07) is 1.82. The molecule has 0 aromatic carbocycles. The molecule has 1 aromatic heterocycles. The van der Waals surface area contributed by atoms with Crippen molar-refractivity contribution >= 4 is 21.4 Å². The third-order valence-electron chi connectivity index (χ3n) is 3.72. The molecule has 0 aliphatic carbocycles. The highest BCUT2D eigenvalue weighted by molar-refractivity contribution is 7.89. The molecule has 19 heavy (non-hydrogen) atoms. The number of thiophene rings is 1. The van der Waals surface area contributed by atoms with Gasteiger partial charge in [-0.2, -0.15) is 4.31 Å². The molecular weight excluding hydrogens is 280 g/mol. The Morgan fingerprint density at radius 1 is 1.53 bits per heavy atom. The summed E-state index contributed by atoms with van der Waals surface area (Å²) in [6.07, 6.45) is 2.04. The summed E-state index contributed by atoms with van der Waals surface area (Å²) in [6.45, 7) is 6.08. The van der Waals surface area contributed by atoms with Crippen LogP contribution in [0, 0.1) is 12.8 Å². The minimum atomic E-state index is -3.29. The average Bonchev–Trinajstić information content (AvgIpc) is 2.96. The number of sulfonamides is 1. The van der Waals surface area contributed by atoms with Gasteiger partial charge in [-0.25, -0.2) is 8.42 Å². The molecule has 0 spiro atoms. The Morgan fingerprint density at radius 3 is 2.84 bits per heavy atom. The summed E-state index contributed by atoms with van der Waals surface area (Å²) in [5.74, 6) is 0.519. The molecule has 1 fully saturated rings. The minimum absolute atomic E-state index is 0.500. The molecule has 4 nitrogen and oxygen atoms in total. The summed E-state index contributed by atoms with van der Waals surface area (Å²) in [7, 11) is -1.42. The first-order valence-corrected chi connectivity index (χ1v) is 8.98. The first-order chi connectivity index (χ1) is 8.98. The second-order valence-electron chi connectivity index (χ2n) is 5.09. The normalized spacial score (nSPS) is 21.1. The van der Waals surface area contributed by atoms with Gasteiger partial charge >= 0.3 is 0 Å². The number of rotatable bonds is 5. The Hall–Kier alpha value is -0.430. The van der Waals surface area contributed by atoms with Crippen molar-refractivity contribution in [1.29, 1.82) is 0 Å². The van der Waals surface area contributed by atoms with Crippen molar-refractivity contribution in [2.75, 3.05) is 20.1 Å². The van der Waals surface area contributed by atoms with Crippen molar-refractivity contribution in [2.24, 2.45) is 5.92 Å². The van der Waals surface area contributed by atoms with Gasteiger partial charge in [-0.05, 0) is 32.4 Å². The maximum absolute atomic E-state index is 12.6. The molecule has 1 aliphatic heterocycles. The molecule has 108 valence electrons.